The molecule has 0 saturated carbocycles. The van der Waals surface area contributed by atoms with Crippen molar-refractivity contribution >= 4 is 33.2 Å². The molecule has 2 aromatic carbocycles. The molecule has 1 unspecified atom stereocenters. The quantitative estimate of drug-likeness (QED) is 0.305. The number of imidazole rings is 1. The first-order valence-corrected chi connectivity index (χ1v) is 12.9. The van der Waals surface area contributed by atoms with Gasteiger partial charge in [0.1, 0.15) is 11.9 Å². The smallest absolute Gasteiger partial charge is 0.243 e. The van der Waals surface area contributed by atoms with Gasteiger partial charge in [-0.3, -0.25) is 9.59 Å². The number of thiophene rings is 1. The monoisotopic (exact) mass is 487 g/mol. The Balaban J connectivity index is 1.29. The number of piperidine rings is 1. The molecule has 1 atom stereocenters. The topological polar surface area (TPSA) is 98.9 Å². The Kier molecular flexibility index (Phi) is 7.20. The van der Waals surface area contributed by atoms with Gasteiger partial charge in [0.25, 0.3) is 0 Å². The maximum atomic E-state index is 13.3. The Hall–Kier alpha value is -3.49. The van der Waals surface area contributed by atoms with Crippen LogP contribution in [0, 0.1) is 5.92 Å². The summed E-state index contributed by atoms with van der Waals surface area (Å²) in [7, 11) is 0. The zero-order valence-corrected chi connectivity index (χ0v) is 20.2. The molecule has 0 spiro atoms. The van der Waals surface area contributed by atoms with Gasteiger partial charge in [0.15, 0.2) is 0 Å². The third-order valence-electron chi connectivity index (χ3n) is 6.47. The largest absolute Gasteiger partial charge is 0.347 e. The van der Waals surface area contributed by atoms with Crippen LogP contribution >= 0.6 is 11.3 Å². The third kappa shape index (κ3) is 5.61. The van der Waals surface area contributed by atoms with Crippen LogP contribution in [0.4, 0.5) is 0 Å². The van der Waals surface area contributed by atoms with E-state index < -0.39 is 6.04 Å². The van der Waals surface area contributed by atoms with E-state index in [1.54, 1.807) is 17.5 Å². The molecule has 0 radical (unpaired) electrons. The molecule has 1 aliphatic heterocycles. The van der Waals surface area contributed by atoms with Crippen LogP contribution in [0.25, 0.3) is 21.3 Å². The predicted octanol–water partition coefficient (Wildman–Crippen LogP) is 3.63. The summed E-state index contributed by atoms with van der Waals surface area (Å²) in [5.74, 6) is 0.349. The molecule has 0 bridgehead atoms. The van der Waals surface area contributed by atoms with E-state index in [1.807, 2.05) is 42.5 Å². The van der Waals surface area contributed by atoms with Gasteiger partial charge in [-0.05, 0) is 53.9 Å². The number of benzene rings is 2. The highest BCUT2D eigenvalue weighted by atomic mass is 32.1. The summed E-state index contributed by atoms with van der Waals surface area (Å²) in [6.45, 7) is 1.91. The molecule has 4 aromatic rings. The lowest BCUT2D eigenvalue weighted by molar-refractivity contribution is -0.131. The minimum Gasteiger partial charge on any atom is -0.347 e. The molecule has 5 rings (SSSR count). The summed E-state index contributed by atoms with van der Waals surface area (Å²) < 4.78 is 1.18. The zero-order valence-electron chi connectivity index (χ0n) is 19.4. The van der Waals surface area contributed by atoms with Crippen LogP contribution in [-0.2, 0) is 22.6 Å². The SMILES string of the molecule is O=C(NC(Cc1csc2ccccc12)C(=O)NCc1ncc(-c2ccccc2)[nH]1)C1CCNCC1. The van der Waals surface area contributed by atoms with Gasteiger partial charge in [-0.1, -0.05) is 48.5 Å². The number of H-pyrrole nitrogens is 1. The molecule has 4 N–H and O–H groups in total. The van der Waals surface area contributed by atoms with Crippen molar-refractivity contribution in [1.29, 1.82) is 0 Å². The van der Waals surface area contributed by atoms with E-state index >= 15 is 0 Å². The van der Waals surface area contributed by atoms with E-state index in [4.69, 9.17) is 0 Å². The highest BCUT2D eigenvalue weighted by Gasteiger charge is 2.27. The lowest BCUT2D eigenvalue weighted by atomic mass is 9.96. The van der Waals surface area contributed by atoms with Crippen molar-refractivity contribution in [3.8, 4) is 11.3 Å². The molecule has 1 saturated heterocycles. The van der Waals surface area contributed by atoms with Gasteiger partial charge in [0.05, 0.1) is 18.4 Å². The first-order valence-electron chi connectivity index (χ1n) is 12.0. The average Bonchev–Trinajstić information content (AvgIpc) is 3.55. The number of rotatable bonds is 8. The van der Waals surface area contributed by atoms with E-state index in [0.717, 1.165) is 48.1 Å². The minimum atomic E-state index is -0.654. The highest BCUT2D eigenvalue weighted by Crippen LogP contribution is 2.27. The number of hydrogen-bond acceptors (Lipinski definition) is 5. The second-order valence-electron chi connectivity index (χ2n) is 8.87. The maximum absolute atomic E-state index is 13.3. The fourth-order valence-electron chi connectivity index (χ4n) is 4.50. The minimum absolute atomic E-state index is 0.0458. The van der Waals surface area contributed by atoms with Crippen LogP contribution in [0.2, 0.25) is 0 Å². The Morgan fingerprint density at radius 2 is 1.83 bits per heavy atom. The van der Waals surface area contributed by atoms with Crippen molar-refractivity contribution in [1.82, 2.24) is 25.9 Å². The molecule has 8 heteroatoms. The van der Waals surface area contributed by atoms with E-state index in [-0.39, 0.29) is 24.3 Å². The molecule has 3 heterocycles. The van der Waals surface area contributed by atoms with Gasteiger partial charge in [-0.15, -0.1) is 11.3 Å². The summed E-state index contributed by atoms with van der Waals surface area (Å²) in [5.41, 5.74) is 3.00. The maximum Gasteiger partial charge on any atom is 0.243 e. The van der Waals surface area contributed by atoms with Crippen molar-refractivity contribution in [3.63, 3.8) is 0 Å². The molecule has 1 fully saturated rings. The number of carbonyl (C=O) groups excluding carboxylic acids is 2. The van der Waals surface area contributed by atoms with Crippen LogP contribution in [0.15, 0.2) is 66.2 Å². The van der Waals surface area contributed by atoms with E-state index in [1.165, 1.54) is 4.70 Å². The van der Waals surface area contributed by atoms with Crippen LogP contribution in [0.1, 0.15) is 24.2 Å². The van der Waals surface area contributed by atoms with E-state index in [9.17, 15) is 9.59 Å². The average molecular weight is 488 g/mol. The lowest BCUT2D eigenvalue weighted by Crippen LogP contribution is -2.50. The van der Waals surface area contributed by atoms with Crippen molar-refractivity contribution in [2.45, 2.75) is 31.8 Å². The van der Waals surface area contributed by atoms with Crippen molar-refractivity contribution in [2.24, 2.45) is 5.92 Å². The van der Waals surface area contributed by atoms with E-state index in [0.29, 0.717) is 12.2 Å². The number of hydrogen-bond donors (Lipinski definition) is 4. The predicted molar refractivity (Wildman–Crippen MR) is 139 cm³/mol. The number of amides is 2. The van der Waals surface area contributed by atoms with Gasteiger partial charge in [0.2, 0.25) is 11.8 Å². The third-order valence-corrected chi connectivity index (χ3v) is 7.48. The molecule has 0 aliphatic carbocycles. The lowest BCUT2D eigenvalue weighted by Gasteiger charge is -2.25. The Morgan fingerprint density at radius 1 is 1.06 bits per heavy atom. The summed E-state index contributed by atoms with van der Waals surface area (Å²) in [6.07, 6.45) is 3.79. The number of carbonyl (C=O) groups is 2. The Morgan fingerprint density at radius 3 is 2.66 bits per heavy atom. The van der Waals surface area contributed by atoms with Gasteiger partial charge in [-0.2, -0.15) is 0 Å². The molecule has 2 amide bonds. The first kappa shape index (κ1) is 23.3. The molecular formula is C27H29N5O2S. The molecule has 1 aliphatic rings. The molecule has 7 nitrogen and oxygen atoms in total. The normalized spacial score (nSPS) is 15.1. The van der Waals surface area contributed by atoms with Gasteiger partial charge in [0, 0.05) is 17.0 Å². The standard InChI is InChI=1S/C27H29N5O2S/c33-26(19-10-12-28-13-11-19)32-22(14-20-17-35-24-9-5-4-8-21(20)24)27(34)30-16-25-29-15-23(31-25)18-6-2-1-3-7-18/h1-9,15,17,19,22,28H,10-14,16H2,(H,29,31)(H,30,34)(H,32,33). The van der Waals surface area contributed by atoms with Crippen molar-refractivity contribution in [2.75, 3.05) is 13.1 Å². The Bertz CT molecular complexity index is 1290. The second-order valence-corrected chi connectivity index (χ2v) is 9.79. The zero-order chi connectivity index (χ0) is 24.0. The highest BCUT2D eigenvalue weighted by molar-refractivity contribution is 7.17. The molecule has 2 aromatic heterocycles. The number of fused-ring (bicyclic) bond motifs is 1. The van der Waals surface area contributed by atoms with Crippen LogP contribution < -0.4 is 16.0 Å². The van der Waals surface area contributed by atoms with Crippen LogP contribution in [0.5, 0.6) is 0 Å². The summed E-state index contributed by atoms with van der Waals surface area (Å²) in [4.78, 5) is 34.0. The second kappa shape index (κ2) is 10.8. The summed E-state index contributed by atoms with van der Waals surface area (Å²) >= 11 is 1.66. The number of nitrogens with zero attached hydrogens (tertiary/aromatic N) is 1. The number of aromatic nitrogens is 2. The van der Waals surface area contributed by atoms with Gasteiger partial charge < -0.3 is 20.9 Å². The first-order chi connectivity index (χ1) is 17.2. The van der Waals surface area contributed by atoms with E-state index in [2.05, 4.69) is 43.4 Å². The fraction of sp³-hybridized carbons (Fsp3) is 0.296. The van der Waals surface area contributed by atoms with Crippen molar-refractivity contribution < 1.29 is 9.59 Å². The Labute approximate surface area is 208 Å². The van der Waals surface area contributed by atoms with Crippen LogP contribution in [0.3, 0.4) is 0 Å². The van der Waals surface area contributed by atoms with Gasteiger partial charge in [-0.25, -0.2) is 4.98 Å². The van der Waals surface area contributed by atoms with Gasteiger partial charge >= 0.3 is 0 Å². The number of aromatic amines is 1. The van der Waals surface area contributed by atoms with Crippen LogP contribution in [-0.4, -0.2) is 40.9 Å². The number of nitrogens with one attached hydrogen (secondary N) is 4. The summed E-state index contributed by atoms with van der Waals surface area (Å²) in [5, 5.41) is 12.5. The molecular weight excluding hydrogens is 458 g/mol. The van der Waals surface area contributed by atoms with Crippen molar-refractivity contribution in [3.05, 3.63) is 77.6 Å². The molecule has 35 heavy (non-hydrogen) atoms. The molecule has 180 valence electrons. The fourth-order valence-corrected chi connectivity index (χ4v) is 5.48. The summed E-state index contributed by atoms with van der Waals surface area (Å²) in [6, 6.07) is 17.4.